The molecule has 0 aliphatic heterocycles. The fourth-order valence-corrected chi connectivity index (χ4v) is 2.42. The quantitative estimate of drug-likeness (QED) is 0.404. The van der Waals surface area contributed by atoms with E-state index >= 15 is 0 Å². The van der Waals surface area contributed by atoms with Crippen molar-refractivity contribution in [1.29, 1.82) is 0 Å². The molecule has 0 saturated heterocycles. The van der Waals surface area contributed by atoms with Crippen LogP contribution in [-0.4, -0.2) is 12.8 Å². The Morgan fingerprint density at radius 1 is 0.962 bits per heavy atom. The lowest BCUT2D eigenvalue weighted by Crippen LogP contribution is -1.97. The Morgan fingerprint density at radius 3 is 2.42 bits per heavy atom. The van der Waals surface area contributed by atoms with Gasteiger partial charge in [0, 0.05) is 16.8 Å². The molecule has 0 aliphatic rings. The van der Waals surface area contributed by atoms with Gasteiger partial charge < -0.3 is 9.47 Å². The van der Waals surface area contributed by atoms with Crippen molar-refractivity contribution < 1.29 is 9.47 Å². The van der Waals surface area contributed by atoms with Crippen LogP contribution in [0.25, 0.3) is 0 Å². The van der Waals surface area contributed by atoms with Crippen molar-refractivity contribution in [2.75, 3.05) is 6.61 Å². The van der Waals surface area contributed by atoms with Crippen molar-refractivity contribution in [3.63, 3.8) is 0 Å². The highest BCUT2D eigenvalue weighted by Crippen LogP contribution is 2.25. The van der Waals surface area contributed by atoms with E-state index in [2.05, 4.69) is 10.9 Å². The van der Waals surface area contributed by atoms with Gasteiger partial charge in [-0.25, -0.2) is 0 Å². The van der Waals surface area contributed by atoms with Crippen LogP contribution in [0.15, 0.2) is 77.8 Å². The van der Waals surface area contributed by atoms with E-state index in [-0.39, 0.29) is 6.61 Å². The third-order valence-corrected chi connectivity index (χ3v) is 3.69. The second-order valence-electron chi connectivity index (χ2n) is 5.34. The van der Waals surface area contributed by atoms with Crippen LogP contribution in [-0.2, 0) is 0 Å². The number of hydrogen-bond acceptors (Lipinski definition) is 3. The molecule has 26 heavy (non-hydrogen) atoms. The molecule has 0 aliphatic carbocycles. The summed E-state index contributed by atoms with van der Waals surface area (Å²) in [5.41, 5.74) is 1.55. The maximum absolute atomic E-state index is 6.06. The molecule has 0 aromatic heterocycles. The van der Waals surface area contributed by atoms with E-state index in [1.54, 1.807) is 24.4 Å². The zero-order valence-corrected chi connectivity index (χ0v) is 14.7. The van der Waals surface area contributed by atoms with Crippen LogP contribution in [0, 0.1) is 12.3 Å². The van der Waals surface area contributed by atoms with E-state index in [0.29, 0.717) is 10.8 Å². The lowest BCUT2D eigenvalue weighted by molar-refractivity contribution is 0.370. The van der Waals surface area contributed by atoms with Crippen molar-refractivity contribution in [3.05, 3.63) is 83.4 Å². The molecule has 0 amide bonds. The van der Waals surface area contributed by atoms with Crippen LogP contribution in [0.2, 0.25) is 5.02 Å². The monoisotopic (exact) mass is 361 g/mol. The number of rotatable bonds is 6. The van der Waals surface area contributed by atoms with Gasteiger partial charge in [0.25, 0.3) is 0 Å². The Balaban J connectivity index is 1.73. The molecule has 3 rings (SSSR count). The first-order chi connectivity index (χ1) is 12.7. The fraction of sp³-hybridized carbons (Fsp3) is 0.0455. The van der Waals surface area contributed by atoms with Gasteiger partial charge in [-0.05, 0) is 54.6 Å². The summed E-state index contributed by atoms with van der Waals surface area (Å²) in [6, 6.07) is 22.4. The minimum Gasteiger partial charge on any atom is -0.480 e. The molecule has 0 fully saturated rings. The third kappa shape index (κ3) is 4.89. The SMILES string of the molecule is C#CCOc1ccc(Cl)cc1C=Nc1ccc(Oc2ccccc2)cc1. The summed E-state index contributed by atoms with van der Waals surface area (Å²) in [7, 11) is 0. The molecule has 0 saturated carbocycles. The van der Waals surface area contributed by atoms with Crippen LogP contribution in [0.1, 0.15) is 5.56 Å². The van der Waals surface area contributed by atoms with Crippen molar-refractivity contribution >= 4 is 23.5 Å². The molecule has 0 bridgehead atoms. The van der Waals surface area contributed by atoms with E-state index in [1.807, 2.05) is 54.6 Å². The van der Waals surface area contributed by atoms with E-state index < -0.39 is 0 Å². The molecule has 3 nitrogen and oxygen atoms in total. The fourth-order valence-electron chi connectivity index (χ4n) is 2.24. The van der Waals surface area contributed by atoms with Gasteiger partial charge in [-0.3, -0.25) is 4.99 Å². The van der Waals surface area contributed by atoms with Crippen molar-refractivity contribution in [3.8, 4) is 29.6 Å². The largest absolute Gasteiger partial charge is 0.480 e. The second-order valence-corrected chi connectivity index (χ2v) is 5.78. The molecule has 0 atom stereocenters. The molecule has 0 N–H and O–H groups in total. The van der Waals surface area contributed by atoms with Gasteiger partial charge in [-0.15, -0.1) is 6.42 Å². The van der Waals surface area contributed by atoms with Crippen LogP contribution < -0.4 is 9.47 Å². The Hall–Kier alpha value is -3.22. The zero-order valence-electron chi connectivity index (χ0n) is 13.9. The van der Waals surface area contributed by atoms with Crippen LogP contribution >= 0.6 is 11.6 Å². The summed E-state index contributed by atoms with van der Waals surface area (Å²) in [4.78, 5) is 4.46. The Morgan fingerprint density at radius 2 is 1.69 bits per heavy atom. The minimum atomic E-state index is 0.188. The number of halogens is 1. The minimum absolute atomic E-state index is 0.188. The van der Waals surface area contributed by atoms with E-state index in [4.69, 9.17) is 27.5 Å². The van der Waals surface area contributed by atoms with Crippen molar-refractivity contribution in [2.24, 2.45) is 4.99 Å². The summed E-state index contributed by atoms with van der Waals surface area (Å²) < 4.78 is 11.3. The molecule has 3 aromatic carbocycles. The Bertz CT molecular complexity index is 929. The van der Waals surface area contributed by atoms with Gasteiger partial charge in [0.2, 0.25) is 0 Å². The van der Waals surface area contributed by atoms with E-state index in [0.717, 1.165) is 22.7 Å². The Labute approximate surface area is 157 Å². The lowest BCUT2D eigenvalue weighted by Gasteiger charge is -2.07. The highest BCUT2D eigenvalue weighted by atomic mass is 35.5. The number of para-hydroxylation sites is 1. The summed E-state index contributed by atoms with van der Waals surface area (Å²) in [6.07, 6.45) is 6.94. The van der Waals surface area contributed by atoms with Gasteiger partial charge in [0.05, 0.1) is 5.69 Å². The summed E-state index contributed by atoms with van der Waals surface area (Å²) in [5.74, 6) is 4.62. The third-order valence-electron chi connectivity index (χ3n) is 3.45. The molecule has 0 heterocycles. The van der Waals surface area contributed by atoms with Crippen LogP contribution in [0.3, 0.4) is 0 Å². The first kappa shape index (κ1) is 17.6. The van der Waals surface area contributed by atoms with E-state index in [1.165, 1.54) is 0 Å². The zero-order chi connectivity index (χ0) is 18.2. The van der Waals surface area contributed by atoms with Gasteiger partial charge in [-0.2, -0.15) is 0 Å². The number of benzene rings is 3. The Kier molecular flexibility index (Phi) is 5.92. The van der Waals surface area contributed by atoms with Gasteiger partial charge in [-0.1, -0.05) is 35.7 Å². The highest BCUT2D eigenvalue weighted by Gasteiger charge is 2.03. The number of aliphatic imine (C=N–C) groups is 1. The normalized spacial score (nSPS) is 10.5. The predicted molar refractivity (Wildman–Crippen MR) is 106 cm³/mol. The number of nitrogens with zero attached hydrogens (tertiary/aromatic N) is 1. The summed E-state index contributed by atoms with van der Waals surface area (Å²) in [6.45, 7) is 0.188. The van der Waals surface area contributed by atoms with E-state index in [9.17, 15) is 0 Å². The smallest absolute Gasteiger partial charge is 0.148 e. The number of hydrogen-bond donors (Lipinski definition) is 0. The average molecular weight is 362 g/mol. The van der Waals surface area contributed by atoms with Crippen LogP contribution in [0.5, 0.6) is 17.2 Å². The lowest BCUT2D eigenvalue weighted by atomic mass is 10.2. The predicted octanol–water partition coefficient (Wildman–Crippen LogP) is 5.89. The summed E-state index contributed by atoms with van der Waals surface area (Å²) in [5, 5.41) is 0.603. The molecule has 0 radical (unpaired) electrons. The van der Waals surface area contributed by atoms with Crippen molar-refractivity contribution in [1.82, 2.24) is 0 Å². The number of ether oxygens (including phenoxy) is 2. The highest BCUT2D eigenvalue weighted by molar-refractivity contribution is 6.30. The second kappa shape index (κ2) is 8.75. The molecule has 4 heteroatoms. The maximum atomic E-state index is 6.06. The molecular formula is C22H16ClNO2. The maximum Gasteiger partial charge on any atom is 0.148 e. The topological polar surface area (TPSA) is 30.8 Å². The average Bonchev–Trinajstić information content (AvgIpc) is 2.67. The number of terminal acetylenes is 1. The van der Waals surface area contributed by atoms with Crippen LogP contribution in [0.4, 0.5) is 5.69 Å². The first-order valence-corrected chi connectivity index (χ1v) is 8.35. The molecule has 3 aromatic rings. The molecular weight excluding hydrogens is 346 g/mol. The summed E-state index contributed by atoms with van der Waals surface area (Å²) >= 11 is 6.06. The molecule has 0 unspecified atom stereocenters. The standard InChI is InChI=1S/C22H16ClNO2/c1-2-14-25-22-13-8-18(23)15-17(22)16-24-19-9-11-21(12-10-19)26-20-6-4-3-5-7-20/h1,3-13,15-16H,14H2. The van der Waals surface area contributed by atoms with Gasteiger partial charge in [0.15, 0.2) is 0 Å². The first-order valence-electron chi connectivity index (χ1n) is 7.97. The molecule has 0 spiro atoms. The molecule has 128 valence electrons. The van der Waals surface area contributed by atoms with Gasteiger partial charge >= 0.3 is 0 Å². The van der Waals surface area contributed by atoms with Crippen molar-refractivity contribution in [2.45, 2.75) is 0 Å². The van der Waals surface area contributed by atoms with Gasteiger partial charge in [0.1, 0.15) is 23.9 Å².